The van der Waals surface area contributed by atoms with E-state index in [4.69, 9.17) is 14.2 Å². The molecule has 0 amide bonds. The number of carbonyl (C=O) groups is 1. The van der Waals surface area contributed by atoms with Crippen LogP contribution in [0.1, 0.15) is 6.92 Å². The molecule has 12 heavy (non-hydrogen) atoms. The summed E-state index contributed by atoms with van der Waals surface area (Å²) in [7, 11) is 0. The van der Waals surface area contributed by atoms with Crippen LogP contribution in [0.3, 0.4) is 0 Å². The van der Waals surface area contributed by atoms with Gasteiger partial charge in [0.2, 0.25) is 0 Å². The Kier molecular flexibility index (Phi) is 1.81. The van der Waals surface area contributed by atoms with Gasteiger partial charge in [0.1, 0.15) is 0 Å². The number of esters is 1. The van der Waals surface area contributed by atoms with Gasteiger partial charge in [-0.2, -0.15) is 0 Å². The molecular formula is C8H12O4. The van der Waals surface area contributed by atoms with Crippen molar-refractivity contribution in [3.63, 3.8) is 0 Å². The highest BCUT2D eigenvalue weighted by Gasteiger charge is 2.51. The molecule has 0 spiro atoms. The lowest BCUT2D eigenvalue weighted by atomic mass is 9.95. The normalized spacial score (nSPS) is 39.6. The molecule has 0 N–H and O–H groups in total. The number of ether oxygens (including phenoxy) is 3. The Morgan fingerprint density at radius 1 is 1.42 bits per heavy atom. The molecule has 0 aromatic heterocycles. The molecule has 68 valence electrons. The minimum absolute atomic E-state index is 0.237. The molecule has 0 radical (unpaired) electrons. The van der Waals surface area contributed by atoms with Crippen LogP contribution in [0.5, 0.6) is 0 Å². The van der Waals surface area contributed by atoms with E-state index in [1.165, 1.54) is 6.92 Å². The van der Waals surface area contributed by atoms with Gasteiger partial charge in [-0.15, -0.1) is 0 Å². The molecule has 4 nitrogen and oxygen atoms in total. The first-order valence-electron chi connectivity index (χ1n) is 4.08. The highest BCUT2D eigenvalue weighted by Crippen LogP contribution is 2.35. The highest BCUT2D eigenvalue weighted by molar-refractivity contribution is 5.66. The van der Waals surface area contributed by atoms with E-state index in [1.54, 1.807) is 0 Å². The summed E-state index contributed by atoms with van der Waals surface area (Å²) in [5.41, 5.74) is -0.466. The van der Waals surface area contributed by atoms with Gasteiger partial charge in [0.05, 0.1) is 32.3 Å². The SMILES string of the molecule is CC(=O)OC12COCC1COC2. The van der Waals surface area contributed by atoms with Crippen molar-refractivity contribution < 1.29 is 19.0 Å². The maximum atomic E-state index is 10.8. The summed E-state index contributed by atoms with van der Waals surface area (Å²) in [6.45, 7) is 3.68. The summed E-state index contributed by atoms with van der Waals surface area (Å²) in [6.07, 6.45) is 0. The second kappa shape index (κ2) is 2.71. The van der Waals surface area contributed by atoms with Crippen molar-refractivity contribution in [3.8, 4) is 0 Å². The van der Waals surface area contributed by atoms with Gasteiger partial charge >= 0.3 is 5.97 Å². The monoisotopic (exact) mass is 172 g/mol. The fourth-order valence-electron chi connectivity index (χ4n) is 1.81. The fourth-order valence-corrected chi connectivity index (χ4v) is 1.81. The first kappa shape index (κ1) is 8.01. The zero-order valence-electron chi connectivity index (χ0n) is 7.04. The van der Waals surface area contributed by atoms with Crippen LogP contribution in [0.4, 0.5) is 0 Å². The van der Waals surface area contributed by atoms with Crippen molar-refractivity contribution in [3.05, 3.63) is 0 Å². The van der Waals surface area contributed by atoms with Crippen LogP contribution in [0.15, 0.2) is 0 Å². The summed E-state index contributed by atoms with van der Waals surface area (Å²) >= 11 is 0. The molecule has 2 aliphatic heterocycles. The largest absolute Gasteiger partial charge is 0.454 e. The predicted molar refractivity (Wildman–Crippen MR) is 39.6 cm³/mol. The Morgan fingerprint density at radius 3 is 2.50 bits per heavy atom. The van der Waals surface area contributed by atoms with Crippen LogP contribution in [-0.4, -0.2) is 38.0 Å². The number of hydrogen-bond acceptors (Lipinski definition) is 4. The third-order valence-electron chi connectivity index (χ3n) is 2.42. The van der Waals surface area contributed by atoms with Gasteiger partial charge < -0.3 is 14.2 Å². The van der Waals surface area contributed by atoms with Crippen molar-refractivity contribution in [2.45, 2.75) is 12.5 Å². The van der Waals surface area contributed by atoms with Crippen LogP contribution in [0.2, 0.25) is 0 Å². The van der Waals surface area contributed by atoms with E-state index < -0.39 is 5.60 Å². The summed E-state index contributed by atoms with van der Waals surface area (Å²) in [4.78, 5) is 10.8. The third kappa shape index (κ3) is 1.11. The molecule has 0 aromatic carbocycles. The third-order valence-corrected chi connectivity index (χ3v) is 2.42. The minimum atomic E-state index is -0.466. The van der Waals surface area contributed by atoms with Gasteiger partial charge in [-0.05, 0) is 0 Å². The number of rotatable bonds is 1. The van der Waals surface area contributed by atoms with E-state index in [2.05, 4.69) is 0 Å². The van der Waals surface area contributed by atoms with Crippen LogP contribution in [-0.2, 0) is 19.0 Å². The molecule has 2 saturated heterocycles. The molecule has 2 aliphatic rings. The number of hydrogen-bond donors (Lipinski definition) is 0. The van der Waals surface area contributed by atoms with Crippen molar-refractivity contribution in [2.24, 2.45) is 5.92 Å². The Morgan fingerprint density at radius 2 is 2.00 bits per heavy atom. The molecule has 2 fully saturated rings. The summed E-state index contributed by atoms with van der Waals surface area (Å²) in [5.74, 6) is -0.0163. The molecule has 4 heteroatoms. The Bertz CT molecular complexity index is 191. The first-order valence-corrected chi connectivity index (χ1v) is 4.08. The highest BCUT2D eigenvalue weighted by atomic mass is 16.6. The van der Waals surface area contributed by atoms with Crippen molar-refractivity contribution in [2.75, 3.05) is 26.4 Å². The minimum Gasteiger partial charge on any atom is -0.454 e. The van der Waals surface area contributed by atoms with E-state index in [9.17, 15) is 4.79 Å². The standard InChI is InChI=1S/C8H12O4/c1-6(9)12-8-4-10-2-7(8)3-11-5-8/h7H,2-5H2,1H3. The molecule has 0 unspecified atom stereocenters. The van der Waals surface area contributed by atoms with Gasteiger partial charge in [-0.1, -0.05) is 0 Å². The summed E-state index contributed by atoms with van der Waals surface area (Å²) < 4.78 is 15.8. The lowest BCUT2D eigenvalue weighted by Crippen LogP contribution is -2.41. The molecular weight excluding hydrogens is 160 g/mol. The molecule has 0 aliphatic carbocycles. The second-order valence-corrected chi connectivity index (χ2v) is 3.39. The van der Waals surface area contributed by atoms with Gasteiger partial charge in [0.15, 0.2) is 5.60 Å². The lowest BCUT2D eigenvalue weighted by molar-refractivity contribution is -0.159. The van der Waals surface area contributed by atoms with Gasteiger partial charge in [0, 0.05) is 6.92 Å². The maximum absolute atomic E-state index is 10.8. The first-order chi connectivity index (χ1) is 5.73. The molecule has 2 rings (SSSR count). The van der Waals surface area contributed by atoms with E-state index in [-0.39, 0.29) is 11.9 Å². The van der Waals surface area contributed by atoms with Gasteiger partial charge in [-0.3, -0.25) is 4.79 Å². The molecule has 2 heterocycles. The zero-order chi connectivity index (χ0) is 8.60. The van der Waals surface area contributed by atoms with E-state index in [1.807, 2.05) is 0 Å². The van der Waals surface area contributed by atoms with Crippen LogP contribution < -0.4 is 0 Å². The average molecular weight is 172 g/mol. The van der Waals surface area contributed by atoms with Crippen molar-refractivity contribution in [1.82, 2.24) is 0 Å². The Balaban J connectivity index is 2.11. The molecule has 0 bridgehead atoms. The van der Waals surface area contributed by atoms with E-state index >= 15 is 0 Å². The quantitative estimate of drug-likeness (QED) is 0.521. The van der Waals surface area contributed by atoms with E-state index in [0.717, 1.165) is 0 Å². The lowest BCUT2D eigenvalue weighted by Gasteiger charge is -2.24. The van der Waals surface area contributed by atoms with E-state index in [0.29, 0.717) is 26.4 Å². The molecule has 0 saturated carbocycles. The second-order valence-electron chi connectivity index (χ2n) is 3.39. The molecule has 0 aromatic rings. The van der Waals surface area contributed by atoms with Gasteiger partial charge in [0.25, 0.3) is 0 Å². The maximum Gasteiger partial charge on any atom is 0.303 e. The summed E-state index contributed by atoms with van der Waals surface area (Å²) in [6, 6.07) is 0. The Hall–Kier alpha value is -0.610. The van der Waals surface area contributed by atoms with Crippen LogP contribution >= 0.6 is 0 Å². The van der Waals surface area contributed by atoms with Crippen molar-refractivity contribution in [1.29, 1.82) is 0 Å². The Labute approximate surface area is 70.8 Å². The zero-order valence-corrected chi connectivity index (χ0v) is 7.04. The van der Waals surface area contributed by atoms with Crippen LogP contribution in [0.25, 0.3) is 0 Å². The topological polar surface area (TPSA) is 44.8 Å². The van der Waals surface area contributed by atoms with Gasteiger partial charge in [-0.25, -0.2) is 0 Å². The number of fused-ring (bicyclic) bond motifs is 1. The summed E-state index contributed by atoms with van der Waals surface area (Å²) in [5, 5.41) is 0. The smallest absolute Gasteiger partial charge is 0.303 e. The number of carbonyl (C=O) groups excluding carboxylic acids is 1. The predicted octanol–water partition coefficient (Wildman–Crippen LogP) is -0.0351. The molecule has 0 atom stereocenters. The van der Waals surface area contributed by atoms with Crippen molar-refractivity contribution >= 4 is 5.97 Å². The fraction of sp³-hybridized carbons (Fsp3) is 0.875. The van der Waals surface area contributed by atoms with Crippen LogP contribution in [0, 0.1) is 5.92 Å². The average Bonchev–Trinajstić information content (AvgIpc) is 2.42.